The molecule has 3 aromatic rings. The Morgan fingerprint density at radius 3 is 3.09 bits per heavy atom. The second-order valence-electron chi connectivity index (χ2n) is 5.62. The van der Waals surface area contributed by atoms with Crippen molar-refractivity contribution in [1.82, 2.24) is 18.8 Å². The molecule has 114 valence electrons. The summed E-state index contributed by atoms with van der Waals surface area (Å²) in [5.41, 5.74) is 2.95. The van der Waals surface area contributed by atoms with Crippen LogP contribution in [0.1, 0.15) is 23.9 Å². The highest BCUT2D eigenvalue weighted by molar-refractivity contribution is 9.10. The first-order chi connectivity index (χ1) is 10.6. The summed E-state index contributed by atoms with van der Waals surface area (Å²) in [5, 5.41) is 4.42. The van der Waals surface area contributed by atoms with E-state index < -0.39 is 0 Å². The molecule has 1 fully saturated rings. The third-order valence-electron chi connectivity index (χ3n) is 4.20. The minimum absolute atomic E-state index is 0.466. The van der Waals surface area contributed by atoms with Gasteiger partial charge in [0, 0.05) is 33.2 Å². The minimum Gasteiger partial charge on any atom is -0.297 e. The van der Waals surface area contributed by atoms with Crippen LogP contribution >= 0.6 is 40.1 Å². The number of rotatable bonds is 2. The fourth-order valence-electron chi connectivity index (χ4n) is 3.06. The van der Waals surface area contributed by atoms with Crippen LogP contribution in [0.2, 0.25) is 0 Å². The Hall–Kier alpha value is -0.890. The molecule has 0 bridgehead atoms. The van der Waals surface area contributed by atoms with Crippen molar-refractivity contribution in [2.75, 3.05) is 13.6 Å². The molecule has 22 heavy (non-hydrogen) atoms. The molecule has 0 aromatic carbocycles. The quantitative estimate of drug-likeness (QED) is 0.654. The van der Waals surface area contributed by atoms with Crippen LogP contribution in [0.4, 0.5) is 0 Å². The average molecular weight is 395 g/mol. The van der Waals surface area contributed by atoms with Gasteiger partial charge in [-0.25, -0.2) is 9.97 Å². The molecular formula is C15H15BrN4S2. The molecule has 0 N–H and O–H groups in total. The van der Waals surface area contributed by atoms with Gasteiger partial charge in [-0.1, -0.05) is 12.8 Å². The Kier molecular flexibility index (Phi) is 3.76. The summed E-state index contributed by atoms with van der Waals surface area (Å²) in [5.74, 6) is 0. The Morgan fingerprint density at radius 1 is 1.45 bits per heavy atom. The van der Waals surface area contributed by atoms with Crippen molar-refractivity contribution in [3.63, 3.8) is 0 Å². The molecule has 0 saturated carbocycles. The van der Waals surface area contributed by atoms with E-state index in [4.69, 9.17) is 4.98 Å². The van der Waals surface area contributed by atoms with Crippen molar-refractivity contribution in [2.24, 2.45) is 0 Å². The van der Waals surface area contributed by atoms with Crippen LogP contribution in [-0.2, 0) is 0 Å². The summed E-state index contributed by atoms with van der Waals surface area (Å²) >= 11 is 9.71. The number of thiazole rings is 1. The lowest BCUT2D eigenvalue weighted by molar-refractivity contribution is 0.317. The first kappa shape index (κ1) is 14.7. The third kappa shape index (κ3) is 2.40. The van der Waals surface area contributed by atoms with Crippen LogP contribution in [0.15, 0.2) is 28.3 Å². The summed E-state index contributed by atoms with van der Waals surface area (Å²) in [6.45, 7) is 1.16. The number of aromatic nitrogens is 3. The third-order valence-corrected chi connectivity index (χ3v) is 5.88. The Labute approximate surface area is 146 Å². The summed E-state index contributed by atoms with van der Waals surface area (Å²) in [6.07, 6.45) is 6.23. The van der Waals surface area contributed by atoms with Crippen molar-refractivity contribution in [2.45, 2.75) is 18.9 Å². The summed E-state index contributed by atoms with van der Waals surface area (Å²) in [4.78, 5) is 11.7. The lowest BCUT2D eigenvalue weighted by Crippen LogP contribution is -2.17. The Bertz CT molecular complexity index is 841. The fourth-order valence-corrected chi connectivity index (χ4v) is 4.68. The molecule has 0 radical (unpaired) electrons. The van der Waals surface area contributed by atoms with E-state index in [1.165, 1.54) is 17.8 Å². The smallest absolute Gasteiger partial charge is 0.150 e. The maximum Gasteiger partial charge on any atom is 0.150 e. The van der Waals surface area contributed by atoms with Gasteiger partial charge in [-0.3, -0.25) is 8.87 Å². The maximum absolute atomic E-state index is 4.89. The van der Waals surface area contributed by atoms with E-state index in [0.29, 0.717) is 6.04 Å². The van der Waals surface area contributed by atoms with E-state index in [9.17, 15) is 0 Å². The number of hydrogen-bond acceptors (Lipinski definition) is 5. The monoisotopic (exact) mass is 394 g/mol. The number of likely N-dealkylation sites (tertiary alicyclic amines) is 1. The Morgan fingerprint density at radius 2 is 2.32 bits per heavy atom. The van der Waals surface area contributed by atoms with Gasteiger partial charge < -0.3 is 0 Å². The highest BCUT2D eigenvalue weighted by Crippen LogP contribution is 2.37. The molecule has 1 aliphatic heterocycles. The van der Waals surface area contributed by atoms with E-state index in [-0.39, 0.29) is 0 Å². The van der Waals surface area contributed by atoms with Gasteiger partial charge in [0.1, 0.15) is 10.7 Å². The maximum atomic E-state index is 4.89. The van der Waals surface area contributed by atoms with E-state index in [1.807, 2.05) is 6.20 Å². The molecule has 0 amide bonds. The number of halogens is 1. The van der Waals surface area contributed by atoms with Gasteiger partial charge in [0.15, 0.2) is 0 Å². The normalized spacial score (nSPS) is 19.3. The van der Waals surface area contributed by atoms with Crippen LogP contribution in [0.25, 0.3) is 22.3 Å². The average Bonchev–Trinajstić information content (AvgIpc) is 3.18. The van der Waals surface area contributed by atoms with Crippen molar-refractivity contribution in [3.05, 3.63) is 33.3 Å². The first-order valence-electron chi connectivity index (χ1n) is 7.15. The summed E-state index contributed by atoms with van der Waals surface area (Å²) < 4.78 is 2.73. The molecule has 3 aromatic heterocycles. The van der Waals surface area contributed by atoms with Crippen LogP contribution in [0, 0.1) is 0 Å². The zero-order valence-electron chi connectivity index (χ0n) is 12.0. The topological polar surface area (TPSA) is 34.0 Å². The number of hydrogen-bond donors (Lipinski definition) is 1. The highest BCUT2D eigenvalue weighted by Gasteiger charge is 2.25. The van der Waals surface area contributed by atoms with Gasteiger partial charge in [-0.05, 0) is 48.4 Å². The predicted octanol–water partition coefficient (Wildman–Crippen LogP) is 4.38. The second-order valence-corrected chi connectivity index (χ2v) is 7.86. The van der Waals surface area contributed by atoms with Gasteiger partial charge in [-0.2, -0.15) is 0 Å². The van der Waals surface area contributed by atoms with Gasteiger partial charge >= 0.3 is 0 Å². The number of fused-ring (bicyclic) bond motifs is 1. The number of thiol groups is 1. The van der Waals surface area contributed by atoms with Crippen molar-refractivity contribution >= 4 is 51.1 Å². The molecule has 4 nitrogen and oxygen atoms in total. The molecule has 7 heteroatoms. The molecule has 1 unspecified atom stereocenters. The van der Waals surface area contributed by atoms with Crippen LogP contribution in [0.3, 0.4) is 0 Å². The van der Waals surface area contributed by atoms with Gasteiger partial charge in [-0.15, -0.1) is 11.3 Å². The molecule has 4 heterocycles. The fraction of sp³-hybridized carbons (Fsp3) is 0.333. The first-order valence-corrected chi connectivity index (χ1v) is 9.22. The van der Waals surface area contributed by atoms with Crippen molar-refractivity contribution in [3.8, 4) is 11.3 Å². The van der Waals surface area contributed by atoms with Gasteiger partial charge in [0.05, 0.1) is 11.7 Å². The van der Waals surface area contributed by atoms with E-state index >= 15 is 0 Å². The van der Waals surface area contributed by atoms with Crippen LogP contribution in [-0.4, -0.2) is 32.4 Å². The van der Waals surface area contributed by atoms with Crippen LogP contribution in [0.5, 0.6) is 0 Å². The highest BCUT2D eigenvalue weighted by atomic mass is 79.9. The lowest BCUT2D eigenvalue weighted by Gasteiger charge is -2.16. The molecule has 1 aliphatic rings. The molecule has 0 spiro atoms. The van der Waals surface area contributed by atoms with Crippen molar-refractivity contribution < 1.29 is 0 Å². The minimum atomic E-state index is 0.466. The lowest BCUT2D eigenvalue weighted by atomic mass is 10.2. The SMILES string of the molecule is CN1CCCC1c1nc(-c2cn(S)c3ncc(Br)cc23)cs1. The second kappa shape index (κ2) is 5.63. The van der Waals surface area contributed by atoms with E-state index in [0.717, 1.165) is 33.3 Å². The standard InChI is InChI=1S/C15H15BrN4S2/c1-19-4-2-3-13(19)15-18-12(8-22-15)11-7-20(21)14-10(11)5-9(16)6-17-14/h5-8,13,21H,2-4H2,1H3. The zero-order chi connectivity index (χ0) is 15.3. The van der Waals surface area contributed by atoms with E-state index in [1.54, 1.807) is 21.5 Å². The van der Waals surface area contributed by atoms with Crippen molar-refractivity contribution in [1.29, 1.82) is 0 Å². The van der Waals surface area contributed by atoms with E-state index in [2.05, 4.69) is 57.1 Å². The Balaban J connectivity index is 1.79. The molecular weight excluding hydrogens is 380 g/mol. The summed E-state index contributed by atoms with van der Waals surface area (Å²) in [7, 11) is 2.18. The predicted molar refractivity (Wildman–Crippen MR) is 97.5 cm³/mol. The molecule has 1 saturated heterocycles. The van der Waals surface area contributed by atoms with Crippen LogP contribution < -0.4 is 0 Å². The zero-order valence-corrected chi connectivity index (χ0v) is 15.3. The number of nitrogens with zero attached hydrogens (tertiary/aromatic N) is 4. The molecule has 4 rings (SSSR count). The van der Waals surface area contributed by atoms with Gasteiger partial charge in [0.25, 0.3) is 0 Å². The summed E-state index contributed by atoms with van der Waals surface area (Å²) in [6, 6.07) is 2.54. The largest absolute Gasteiger partial charge is 0.297 e. The molecule has 1 atom stereocenters. The molecule has 0 aliphatic carbocycles. The number of pyridine rings is 1. The van der Waals surface area contributed by atoms with Gasteiger partial charge in [0.2, 0.25) is 0 Å².